The molecule has 70 heavy (non-hydrogen) atoms. The minimum absolute atomic E-state index is 0.848. The van der Waals surface area contributed by atoms with E-state index in [1.54, 1.807) is 0 Å². The summed E-state index contributed by atoms with van der Waals surface area (Å²) in [5.74, 6) is 0. The Morgan fingerprint density at radius 1 is 0.186 bits per heavy atom. The van der Waals surface area contributed by atoms with Crippen molar-refractivity contribution in [2.45, 2.75) is 0 Å². The SMILES string of the molecule is c1ccc(-c2ccc(-c3ccc(N(c4cccc(-c5cccc(N(c6ccc(-c7ccccc7)cc6)c6ccc7c(c6)oc6ccccc67)c5)c4)c4ccc5c(c4)oc4ccccc45)cc3)cc2)cc1. The molecule has 13 rings (SSSR count). The van der Waals surface area contributed by atoms with Gasteiger partial charge in [0.2, 0.25) is 0 Å². The highest BCUT2D eigenvalue weighted by Gasteiger charge is 2.19. The van der Waals surface area contributed by atoms with E-state index in [0.717, 1.165) is 94.7 Å². The Labute approximate surface area is 406 Å². The largest absolute Gasteiger partial charge is 0.456 e. The van der Waals surface area contributed by atoms with Crippen molar-refractivity contribution >= 4 is 78.0 Å². The third-order valence-corrected chi connectivity index (χ3v) is 13.5. The first kappa shape index (κ1) is 40.9. The van der Waals surface area contributed by atoms with Crippen molar-refractivity contribution in [1.82, 2.24) is 0 Å². The maximum atomic E-state index is 6.47. The first-order valence-corrected chi connectivity index (χ1v) is 23.7. The molecule has 0 saturated carbocycles. The fourth-order valence-corrected chi connectivity index (χ4v) is 9.97. The van der Waals surface area contributed by atoms with Gasteiger partial charge >= 0.3 is 0 Å². The van der Waals surface area contributed by atoms with Crippen molar-refractivity contribution in [3.63, 3.8) is 0 Å². The molecule has 0 aliphatic rings. The molecule has 330 valence electrons. The average Bonchev–Trinajstić information content (AvgIpc) is 4.00. The standard InChI is InChI=1S/C66H44N2O2/c1-3-13-45(14-4-1)47-25-27-48(28-26-47)50-31-35-54(36-32-50)68(58-38-40-62-60-22-8-10-24-64(60)70-66(62)44-58)56-20-12-18-52(42-56)51-17-11-19-55(41-51)67(53-33-29-49(30-34-53)46-15-5-2-6-16-46)57-37-39-61-59-21-7-9-23-63(59)69-65(61)43-57/h1-44H. The highest BCUT2D eigenvalue weighted by molar-refractivity contribution is 6.07. The number of para-hydroxylation sites is 2. The highest BCUT2D eigenvalue weighted by atomic mass is 16.3. The normalized spacial score (nSPS) is 11.4. The lowest BCUT2D eigenvalue weighted by Crippen LogP contribution is -2.10. The summed E-state index contributed by atoms with van der Waals surface area (Å²) in [7, 11) is 0. The maximum absolute atomic E-state index is 6.47. The summed E-state index contributed by atoms with van der Waals surface area (Å²) in [5, 5.41) is 4.41. The van der Waals surface area contributed by atoms with Crippen LogP contribution in [0.4, 0.5) is 34.1 Å². The van der Waals surface area contributed by atoms with Crippen LogP contribution >= 0.6 is 0 Å². The molecule has 13 aromatic rings. The van der Waals surface area contributed by atoms with Gasteiger partial charge in [0.05, 0.1) is 0 Å². The Morgan fingerprint density at radius 2 is 0.486 bits per heavy atom. The maximum Gasteiger partial charge on any atom is 0.137 e. The van der Waals surface area contributed by atoms with Crippen LogP contribution in [0.1, 0.15) is 0 Å². The van der Waals surface area contributed by atoms with Crippen LogP contribution in [0.5, 0.6) is 0 Å². The van der Waals surface area contributed by atoms with E-state index in [4.69, 9.17) is 8.83 Å². The van der Waals surface area contributed by atoms with Gasteiger partial charge in [-0.05, 0) is 129 Å². The summed E-state index contributed by atoms with van der Waals surface area (Å²) in [6.45, 7) is 0. The van der Waals surface area contributed by atoms with Gasteiger partial charge in [0.1, 0.15) is 22.3 Å². The minimum atomic E-state index is 0.848. The van der Waals surface area contributed by atoms with E-state index in [1.807, 2.05) is 24.3 Å². The van der Waals surface area contributed by atoms with Gasteiger partial charge in [-0.15, -0.1) is 0 Å². The number of anilines is 6. The first-order valence-electron chi connectivity index (χ1n) is 23.7. The van der Waals surface area contributed by atoms with Crippen molar-refractivity contribution in [2.75, 3.05) is 9.80 Å². The van der Waals surface area contributed by atoms with Gasteiger partial charge < -0.3 is 18.6 Å². The molecule has 0 unspecified atom stereocenters. The molecule has 0 radical (unpaired) electrons. The number of furan rings is 2. The molecule has 0 spiro atoms. The van der Waals surface area contributed by atoms with Gasteiger partial charge in [0.15, 0.2) is 0 Å². The average molecular weight is 897 g/mol. The van der Waals surface area contributed by atoms with Gasteiger partial charge in [-0.2, -0.15) is 0 Å². The van der Waals surface area contributed by atoms with E-state index in [0.29, 0.717) is 0 Å². The molecule has 0 bridgehead atoms. The van der Waals surface area contributed by atoms with E-state index in [1.165, 1.54) is 27.8 Å². The molecule has 11 aromatic carbocycles. The Balaban J connectivity index is 0.895. The van der Waals surface area contributed by atoms with Gasteiger partial charge in [-0.25, -0.2) is 0 Å². The second-order valence-electron chi connectivity index (χ2n) is 17.7. The highest BCUT2D eigenvalue weighted by Crippen LogP contribution is 2.43. The van der Waals surface area contributed by atoms with E-state index in [2.05, 4.69) is 252 Å². The lowest BCUT2D eigenvalue weighted by atomic mass is 10.00. The van der Waals surface area contributed by atoms with Gasteiger partial charge in [-0.3, -0.25) is 0 Å². The number of benzene rings is 11. The van der Waals surface area contributed by atoms with Gasteiger partial charge in [0.25, 0.3) is 0 Å². The fourth-order valence-electron chi connectivity index (χ4n) is 9.97. The number of hydrogen-bond donors (Lipinski definition) is 0. The zero-order valence-corrected chi connectivity index (χ0v) is 38.1. The molecule has 2 aromatic heterocycles. The molecule has 2 heterocycles. The summed E-state index contributed by atoms with van der Waals surface area (Å²) in [5.41, 5.74) is 18.9. The number of nitrogens with zero attached hydrogens (tertiary/aromatic N) is 2. The number of fused-ring (bicyclic) bond motifs is 6. The van der Waals surface area contributed by atoms with Crippen molar-refractivity contribution in [1.29, 1.82) is 0 Å². The van der Waals surface area contributed by atoms with Crippen LogP contribution in [0.15, 0.2) is 276 Å². The van der Waals surface area contributed by atoms with Gasteiger partial charge in [0, 0.05) is 67.8 Å². The van der Waals surface area contributed by atoms with Gasteiger partial charge in [-0.1, -0.05) is 170 Å². The second-order valence-corrected chi connectivity index (χ2v) is 17.7. The topological polar surface area (TPSA) is 32.8 Å². The molecule has 0 aliphatic carbocycles. The van der Waals surface area contributed by atoms with Crippen LogP contribution in [0, 0.1) is 0 Å². The van der Waals surface area contributed by atoms with Crippen LogP contribution in [0.3, 0.4) is 0 Å². The molecule has 4 nitrogen and oxygen atoms in total. The smallest absolute Gasteiger partial charge is 0.137 e. The first-order chi connectivity index (χ1) is 34.7. The molecule has 0 fully saturated rings. The van der Waals surface area contributed by atoms with E-state index in [9.17, 15) is 0 Å². The molecular weight excluding hydrogens is 853 g/mol. The van der Waals surface area contributed by atoms with Crippen molar-refractivity contribution in [2.24, 2.45) is 0 Å². The number of rotatable bonds is 10. The van der Waals surface area contributed by atoms with E-state index < -0.39 is 0 Å². The third kappa shape index (κ3) is 7.54. The summed E-state index contributed by atoms with van der Waals surface area (Å²) < 4.78 is 12.9. The van der Waals surface area contributed by atoms with Crippen LogP contribution in [-0.4, -0.2) is 0 Å². The lowest BCUT2D eigenvalue weighted by Gasteiger charge is -2.27. The molecule has 4 heteroatoms. The zero-order chi connectivity index (χ0) is 46.4. The van der Waals surface area contributed by atoms with Crippen LogP contribution in [-0.2, 0) is 0 Å². The Kier molecular flexibility index (Phi) is 10.1. The molecule has 0 saturated heterocycles. The summed E-state index contributed by atoms with van der Waals surface area (Å²) in [6, 6.07) is 94.8. The molecule has 0 atom stereocenters. The second kappa shape index (κ2) is 17.4. The minimum Gasteiger partial charge on any atom is -0.456 e. The van der Waals surface area contributed by atoms with Crippen molar-refractivity contribution in [3.05, 3.63) is 267 Å². The fraction of sp³-hybridized carbons (Fsp3) is 0. The van der Waals surface area contributed by atoms with Crippen LogP contribution < -0.4 is 9.80 Å². The molecule has 0 aliphatic heterocycles. The zero-order valence-electron chi connectivity index (χ0n) is 38.1. The lowest BCUT2D eigenvalue weighted by molar-refractivity contribution is 0.668. The monoisotopic (exact) mass is 896 g/mol. The number of hydrogen-bond acceptors (Lipinski definition) is 4. The Morgan fingerprint density at radius 3 is 0.900 bits per heavy atom. The molecular formula is C66H44N2O2. The summed E-state index contributed by atoms with van der Waals surface area (Å²) in [6.07, 6.45) is 0. The molecule has 0 amide bonds. The van der Waals surface area contributed by atoms with Crippen molar-refractivity contribution in [3.8, 4) is 44.5 Å². The van der Waals surface area contributed by atoms with Crippen molar-refractivity contribution < 1.29 is 8.83 Å². The van der Waals surface area contributed by atoms with Crippen LogP contribution in [0.2, 0.25) is 0 Å². The summed E-state index contributed by atoms with van der Waals surface area (Å²) >= 11 is 0. The quantitative estimate of drug-likeness (QED) is 0.137. The van der Waals surface area contributed by atoms with Crippen LogP contribution in [0.25, 0.3) is 88.4 Å². The predicted octanol–water partition coefficient (Wildman–Crippen LogP) is 19.1. The molecule has 0 N–H and O–H groups in total. The Bertz CT molecular complexity index is 3990. The summed E-state index contributed by atoms with van der Waals surface area (Å²) in [4.78, 5) is 4.64. The Hall–Kier alpha value is -9.38. The van der Waals surface area contributed by atoms with E-state index in [-0.39, 0.29) is 0 Å². The predicted molar refractivity (Wildman–Crippen MR) is 292 cm³/mol. The third-order valence-electron chi connectivity index (χ3n) is 13.5. The van der Waals surface area contributed by atoms with E-state index >= 15 is 0 Å².